The summed E-state index contributed by atoms with van der Waals surface area (Å²) in [5.74, 6) is 0. The van der Waals surface area contributed by atoms with Gasteiger partial charge in [0.25, 0.3) is 0 Å². The standard InChI is InChI=1S/C48H35N2PS/c1-48(2)43-24-10-8-22-39(43)41-30-42-40-23-9-11-25-45(40)50(46(42)31-44(41)48)34-16-13-20-37(29-34)51(52,35-17-4-3-5-18-35)36-19-12-15-33(28-36)47-38-21-7-6-14-32(38)26-27-49-47/h3-31H,1-2H3. The van der Waals surface area contributed by atoms with Gasteiger partial charge in [0, 0.05) is 45.1 Å². The van der Waals surface area contributed by atoms with E-state index in [0.717, 1.165) is 32.9 Å². The molecular formula is C48H35N2PS. The van der Waals surface area contributed by atoms with Crippen molar-refractivity contribution < 1.29 is 0 Å². The van der Waals surface area contributed by atoms with Crippen molar-refractivity contribution in [3.8, 4) is 28.1 Å². The second-order valence-electron chi connectivity index (χ2n) is 14.3. The molecule has 0 saturated heterocycles. The highest BCUT2D eigenvalue weighted by Crippen LogP contribution is 2.51. The van der Waals surface area contributed by atoms with E-state index >= 15 is 0 Å². The van der Waals surface area contributed by atoms with Crippen LogP contribution in [0.4, 0.5) is 0 Å². The van der Waals surface area contributed by atoms with Crippen molar-refractivity contribution in [1.29, 1.82) is 0 Å². The minimum absolute atomic E-state index is 0.0954. The Bertz CT molecular complexity index is 2920. The zero-order valence-electron chi connectivity index (χ0n) is 29.0. The summed E-state index contributed by atoms with van der Waals surface area (Å²) < 4.78 is 2.45. The van der Waals surface area contributed by atoms with Gasteiger partial charge in [0.2, 0.25) is 0 Å². The molecule has 2 nitrogen and oxygen atoms in total. The molecule has 4 heteroatoms. The van der Waals surface area contributed by atoms with Gasteiger partial charge in [-0.05, 0) is 86.0 Å². The highest BCUT2D eigenvalue weighted by Gasteiger charge is 2.36. The summed E-state index contributed by atoms with van der Waals surface area (Å²) in [7, 11) is 0. The van der Waals surface area contributed by atoms with Gasteiger partial charge in [-0.3, -0.25) is 4.98 Å². The van der Waals surface area contributed by atoms with Gasteiger partial charge in [-0.2, -0.15) is 0 Å². The van der Waals surface area contributed by atoms with Crippen LogP contribution in [-0.4, -0.2) is 9.55 Å². The van der Waals surface area contributed by atoms with E-state index in [4.69, 9.17) is 16.8 Å². The lowest BCUT2D eigenvalue weighted by Gasteiger charge is -2.25. The summed E-state index contributed by atoms with van der Waals surface area (Å²) in [5.41, 5.74) is 10.9. The summed E-state index contributed by atoms with van der Waals surface area (Å²) >= 11 is 7.00. The van der Waals surface area contributed by atoms with Crippen LogP contribution < -0.4 is 15.9 Å². The number of para-hydroxylation sites is 1. The van der Waals surface area contributed by atoms with Crippen LogP contribution >= 0.6 is 6.04 Å². The predicted molar refractivity (Wildman–Crippen MR) is 225 cm³/mol. The van der Waals surface area contributed by atoms with Crippen LogP contribution in [-0.2, 0) is 17.2 Å². The largest absolute Gasteiger partial charge is 0.309 e. The topological polar surface area (TPSA) is 17.8 Å². The van der Waals surface area contributed by atoms with Crippen molar-refractivity contribution in [3.05, 3.63) is 187 Å². The van der Waals surface area contributed by atoms with Gasteiger partial charge in [0.05, 0.1) is 16.7 Å². The molecular weight excluding hydrogens is 668 g/mol. The number of aromatic nitrogens is 2. The molecule has 0 bridgehead atoms. The van der Waals surface area contributed by atoms with Crippen molar-refractivity contribution in [1.82, 2.24) is 9.55 Å². The molecule has 9 aromatic rings. The van der Waals surface area contributed by atoms with Gasteiger partial charge in [-0.15, -0.1) is 0 Å². The van der Waals surface area contributed by atoms with E-state index in [-0.39, 0.29) is 5.41 Å². The summed E-state index contributed by atoms with van der Waals surface area (Å²) in [6.07, 6.45) is 1.90. The first kappa shape index (κ1) is 31.2. The molecule has 0 fully saturated rings. The number of benzene rings is 7. The molecule has 0 spiro atoms. The minimum Gasteiger partial charge on any atom is -0.309 e. The molecule has 2 heterocycles. The lowest BCUT2D eigenvalue weighted by atomic mass is 9.82. The van der Waals surface area contributed by atoms with Crippen LogP contribution in [0.25, 0.3) is 60.6 Å². The van der Waals surface area contributed by atoms with E-state index in [9.17, 15) is 0 Å². The first-order chi connectivity index (χ1) is 25.4. The predicted octanol–water partition coefficient (Wildman–Crippen LogP) is 11.1. The number of hydrogen-bond donors (Lipinski definition) is 0. The van der Waals surface area contributed by atoms with Crippen molar-refractivity contribution in [3.63, 3.8) is 0 Å². The Morgan fingerprint density at radius 1 is 0.519 bits per heavy atom. The Labute approximate surface area is 309 Å². The van der Waals surface area contributed by atoms with Crippen LogP contribution in [0.15, 0.2) is 176 Å². The zero-order valence-corrected chi connectivity index (χ0v) is 30.7. The van der Waals surface area contributed by atoms with Gasteiger partial charge in [-0.25, -0.2) is 0 Å². The normalized spacial score (nSPS) is 14.3. The van der Waals surface area contributed by atoms with Crippen LogP contribution in [0.2, 0.25) is 0 Å². The van der Waals surface area contributed by atoms with Crippen molar-refractivity contribution >= 4 is 66.3 Å². The average molecular weight is 703 g/mol. The fraction of sp³-hybridized carbons (Fsp3) is 0.0625. The third-order valence-electron chi connectivity index (χ3n) is 11.1. The number of fused-ring (bicyclic) bond motifs is 7. The lowest BCUT2D eigenvalue weighted by molar-refractivity contribution is 0.661. The number of hydrogen-bond acceptors (Lipinski definition) is 2. The molecule has 0 radical (unpaired) electrons. The van der Waals surface area contributed by atoms with Crippen molar-refractivity contribution in [2.24, 2.45) is 0 Å². The van der Waals surface area contributed by atoms with Crippen molar-refractivity contribution in [2.75, 3.05) is 0 Å². The molecule has 0 amide bonds. The fourth-order valence-electron chi connectivity index (χ4n) is 8.55. The quantitative estimate of drug-likeness (QED) is 0.166. The molecule has 10 rings (SSSR count). The Balaban J connectivity index is 1.19. The van der Waals surface area contributed by atoms with Crippen LogP contribution in [0.3, 0.4) is 0 Å². The Morgan fingerprint density at radius 2 is 1.21 bits per heavy atom. The maximum absolute atomic E-state index is 7.00. The van der Waals surface area contributed by atoms with E-state index in [1.165, 1.54) is 54.8 Å². The van der Waals surface area contributed by atoms with Crippen LogP contribution in [0, 0.1) is 0 Å². The van der Waals surface area contributed by atoms with Gasteiger partial charge in [-0.1, -0.05) is 153 Å². The number of pyridine rings is 1. The fourth-order valence-corrected chi connectivity index (χ4v) is 12.3. The molecule has 248 valence electrons. The zero-order chi connectivity index (χ0) is 35.0. The van der Waals surface area contributed by atoms with Gasteiger partial charge in [0.15, 0.2) is 0 Å². The third kappa shape index (κ3) is 4.56. The third-order valence-corrected chi connectivity index (χ3v) is 16.0. The molecule has 1 aliphatic carbocycles. The van der Waals surface area contributed by atoms with E-state index in [1.54, 1.807) is 0 Å². The monoisotopic (exact) mass is 702 g/mol. The Kier molecular flexibility index (Phi) is 7.02. The van der Waals surface area contributed by atoms with E-state index in [1.807, 2.05) is 6.20 Å². The van der Waals surface area contributed by atoms with Gasteiger partial charge < -0.3 is 4.57 Å². The number of nitrogens with zero attached hydrogens (tertiary/aromatic N) is 2. The molecule has 1 unspecified atom stereocenters. The summed E-state index contributed by atoms with van der Waals surface area (Å²) in [6, 6.07) is 59.2. The minimum atomic E-state index is -2.52. The molecule has 2 aromatic heterocycles. The summed E-state index contributed by atoms with van der Waals surface area (Å²) in [4.78, 5) is 4.87. The van der Waals surface area contributed by atoms with Crippen LogP contribution in [0.5, 0.6) is 0 Å². The molecule has 0 N–H and O–H groups in total. The number of rotatable bonds is 5. The van der Waals surface area contributed by atoms with Gasteiger partial charge in [0.1, 0.15) is 0 Å². The van der Waals surface area contributed by atoms with E-state index < -0.39 is 6.04 Å². The molecule has 1 aliphatic rings. The second kappa shape index (κ2) is 11.7. The van der Waals surface area contributed by atoms with Crippen LogP contribution in [0.1, 0.15) is 25.0 Å². The highest BCUT2D eigenvalue weighted by molar-refractivity contribution is 8.25. The maximum atomic E-state index is 7.00. The van der Waals surface area contributed by atoms with Gasteiger partial charge >= 0.3 is 0 Å². The van der Waals surface area contributed by atoms with E-state index in [0.29, 0.717) is 0 Å². The summed E-state index contributed by atoms with van der Waals surface area (Å²) in [5, 5.41) is 8.32. The second-order valence-corrected chi connectivity index (χ2v) is 18.7. The summed E-state index contributed by atoms with van der Waals surface area (Å²) in [6.45, 7) is 4.71. The average Bonchev–Trinajstić information content (AvgIpc) is 3.64. The molecule has 0 saturated carbocycles. The molecule has 1 atom stereocenters. The van der Waals surface area contributed by atoms with E-state index in [2.05, 4.69) is 188 Å². The molecule has 0 aliphatic heterocycles. The molecule has 7 aromatic carbocycles. The SMILES string of the molecule is CC1(C)c2ccccc2-c2cc3c4ccccc4n(-c4cccc(P(=S)(c5ccccc5)c5cccc(-c6nccc7ccccc67)c5)c4)c3cc21. The first-order valence-electron chi connectivity index (χ1n) is 17.8. The first-order valence-corrected chi connectivity index (χ1v) is 20.6. The Morgan fingerprint density at radius 3 is 2.08 bits per heavy atom. The smallest absolute Gasteiger partial charge is 0.0780 e. The highest BCUT2D eigenvalue weighted by atomic mass is 32.4. The van der Waals surface area contributed by atoms with Crippen molar-refractivity contribution in [2.45, 2.75) is 19.3 Å². The lowest BCUT2D eigenvalue weighted by Crippen LogP contribution is -2.25. The Hall–Kier alpha value is -5.60. The molecule has 52 heavy (non-hydrogen) atoms. The maximum Gasteiger partial charge on any atom is 0.0780 e.